The van der Waals surface area contributed by atoms with Crippen molar-refractivity contribution in [1.29, 1.82) is 5.26 Å². The second kappa shape index (κ2) is 5.02. The second-order valence-corrected chi connectivity index (χ2v) is 5.61. The molecule has 2 heterocycles. The number of halogens is 2. The van der Waals surface area contributed by atoms with Gasteiger partial charge < -0.3 is 10.2 Å². The van der Waals surface area contributed by atoms with Crippen LogP contribution in [0.4, 0.5) is 14.5 Å². The molecule has 0 aromatic heterocycles. The minimum absolute atomic E-state index is 0.0258. The van der Waals surface area contributed by atoms with Crippen molar-refractivity contribution in [3.05, 3.63) is 29.3 Å². The van der Waals surface area contributed by atoms with E-state index in [0.717, 1.165) is 31.6 Å². The number of anilines is 1. The lowest BCUT2D eigenvalue weighted by atomic mass is 9.93. The van der Waals surface area contributed by atoms with Gasteiger partial charge in [-0.25, -0.2) is 8.78 Å². The smallest absolute Gasteiger partial charge is 0.150 e. The van der Waals surface area contributed by atoms with Gasteiger partial charge in [-0.3, -0.25) is 0 Å². The van der Waals surface area contributed by atoms with Crippen molar-refractivity contribution in [2.24, 2.45) is 11.8 Å². The third-order valence-corrected chi connectivity index (χ3v) is 4.57. The first-order chi connectivity index (χ1) is 9.65. The van der Waals surface area contributed by atoms with Gasteiger partial charge in [0.25, 0.3) is 0 Å². The molecule has 2 aliphatic heterocycles. The lowest BCUT2D eigenvalue weighted by Crippen LogP contribution is -2.36. The Balaban J connectivity index is 1.99. The molecule has 3 rings (SSSR count). The molecule has 0 amide bonds. The standard InChI is InChI=1S/C15H17F2N3/c1-2-14-11-7-19-6-10(11)8-20(14)15-12(16)3-9(5-18)4-13(15)17/h3-4,10-11,14,19H,2,6-8H2,1H3. The molecular weight excluding hydrogens is 260 g/mol. The Hall–Kier alpha value is -1.67. The molecule has 2 saturated heterocycles. The van der Waals surface area contributed by atoms with Crippen molar-refractivity contribution in [3.63, 3.8) is 0 Å². The first-order valence-corrected chi connectivity index (χ1v) is 7.02. The molecule has 0 spiro atoms. The highest BCUT2D eigenvalue weighted by Gasteiger charge is 2.44. The summed E-state index contributed by atoms with van der Waals surface area (Å²) in [5, 5.41) is 12.1. The van der Waals surface area contributed by atoms with Crippen molar-refractivity contribution >= 4 is 5.69 Å². The third kappa shape index (κ3) is 1.95. The normalized spacial score (nSPS) is 28.5. The van der Waals surface area contributed by atoms with Crippen LogP contribution in [0.15, 0.2) is 12.1 Å². The molecule has 5 heteroatoms. The zero-order chi connectivity index (χ0) is 14.3. The van der Waals surface area contributed by atoms with Gasteiger partial charge in [-0.15, -0.1) is 0 Å². The van der Waals surface area contributed by atoms with Gasteiger partial charge in [0.2, 0.25) is 0 Å². The Morgan fingerprint density at radius 2 is 2.05 bits per heavy atom. The molecule has 0 bridgehead atoms. The topological polar surface area (TPSA) is 39.1 Å². The fraction of sp³-hybridized carbons (Fsp3) is 0.533. The maximum Gasteiger partial charge on any atom is 0.150 e. The Morgan fingerprint density at radius 1 is 1.35 bits per heavy atom. The molecule has 106 valence electrons. The van der Waals surface area contributed by atoms with Crippen LogP contribution in [-0.2, 0) is 0 Å². The van der Waals surface area contributed by atoms with Gasteiger partial charge in [-0.2, -0.15) is 5.26 Å². The van der Waals surface area contributed by atoms with E-state index in [1.54, 1.807) is 6.07 Å². The number of nitriles is 1. The van der Waals surface area contributed by atoms with Crippen LogP contribution in [0.1, 0.15) is 18.9 Å². The quantitative estimate of drug-likeness (QED) is 0.901. The zero-order valence-corrected chi connectivity index (χ0v) is 11.4. The number of fused-ring (bicyclic) bond motifs is 1. The highest BCUT2D eigenvalue weighted by Crippen LogP contribution is 2.39. The van der Waals surface area contributed by atoms with Gasteiger partial charge in [0, 0.05) is 25.7 Å². The van der Waals surface area contributed by atoms with E-state index in [0.29, 0.717) is 18.4 Å². The SMILES string of the molecule is CCC1C2CNCC2CN1c1c(F)cc(C#N)cc1F. The predicted molar refractivity (Wildman–Crippen MR) is 72.3 cm³/mol. The average molecular weight is 277 g/mol. The molecule has 0 saturated carbocycles. The van der Waals surface area contributed by atoms with Crippen LogP contribution in [0.25, 0.3) is 0 Å². The summed E-state index contributed by atoms with van der Waals surface area (Å²) in [6.07, 6.45) is 0.863. The van der Waals surface area contributed by atoms with Crippen LogP contribution < -0.4 is 10.2 Å². The second-order valence-electron chi connectivity index (χ2n) is 5.61. The molecule has 0 aliphatic carbocycles. The number of nitrogens with one attached hydrogen (secondary N) is 1. The van der Waals surface area contributed by atoms with Crippen molar-refractivity contribution in [2.45, 2.75) is 19.4 Å². The van der Waals surface area contributed by atoms with Crippen molar-refractivity contribution < 1.29 is 8.78 Å². The Bertz CT molecular complexity index is 544. The fourth-order valence-electron chi connectivity index (χ4n) is 3.71. The monoisotopic (exact) mass is 277 g/mol. The number of nitrogens with zero attached hydrogens (tertiary/aromatic N) is 2. The summed E-state index contributed by atoms with van der Waals surface area (Å²) < 4.78 is 28.4. The molecule has 20 heavy (non-hydrogen) atoms. The van der Waals surface area contributed by atoms with Gasteiger partial charge in [0.1, 0.15) is 5.69 Å². The van der Waals surface area contributed by atoms with Crippen LogP contribution in [0.5, 0.6) is 0 Å². The maximum atomic E-state index is 14.2. The van der Waals surface area contributed by atoms with E-state index in [9.17, 15) is 8.78 Å². The lowest BCUT2D eigenvalue weighted by molar-refractivity contribution is 0.439. The first-order valence-electron chi connectivity index (χ1n) is 7.02. The minimum atomic E-state index is -0.632. The van der Waals surface area contributed by atoms with Crippen molar-refractivity contribution in [2.75, 3.05) is 24.5 Å². The van der Waals surface area contributed by atoms with E-state index < -0.39 is 11.6 Å². The summed E-state index contributed by atoms with van der Waals surface area (Å²) >= 11 is 0. The molecular formula is C15H17F2N3. The fourth-order valence-corrected chi connectivity index (χ4v) is 3.71. The number of benzene rings is 1. The van der Waals surface area contributed by atoms with Gasteiger partial charge in [-0.05, 0) is 30.4 Å². The molecule has 1 aromatic rings. The van der Waals surface area contributed by atoms with Crippen molar-refractivity contribution in [1.82, 2.24) is 5.32 Å². The summed E-state index contributed by atoms with van der Waals surface area (Å²) in [4.78, 5) is 1.86. The largest absolute Gasteiger partial charge is 0.363 e. The molecule has 3 unspecified atom stereocenters. The Morgan fingerprint density at radius 3 is 2.65 bits per heavy atom. The number of rotatable bonds is 2. The summed E-state index contributed by atoms with van der Waals surface area (Å²) in [7, 11) is 0. The highest BCUT2D eigenvalue weighted by molar-refractivity contribution is 5.54. The summed E-state index contributed by atoms with van der Waals surface area (Å²) in [5.74, 6) is -0.357. The van der Waals surface area contributed by atoms with Gasteiger partial charge in [0.15, 0.2) is 11.6 Å². The van der Waals surface area contributed by atoms with Crippen LogP contribution in [0.2, 0.25) is 0 Å². The summed E-state index contributed by atoms with van der Waals surface area (Å²) in [5.41, 5.74) is 0.0584. The summed E-state index contributed by atoms with van der Waals surface area (Å²) in [6.45, 7) is 4.56. The molecule has 1 aromatic carbocycles. The predicted octanol–water partition coefficient (Wildman–Crippen LogP) is 2.27. The van der Waals surface area contributed by atoms with E-state index in [-0.39, 0.29) is 17.3 Å². The summed E-state index contributed by atoms with van der Waals surface area (Å²) in [6, 6.07) is 4.19. The maximum absolute atomic E-state index is 14.2. The molecule has 3 atom stereocenters. The molecule has 2 aliphatic rings. The van der Waals surface area contributed by atoms with Gasteiger partial charge in [-0.1, -0.05) is 6.92 Å². The first kappa shape index (κ1) is 13.3. The van der Waals surface area contributed by atoms with E-state index in [1.165, 1.54) is 0 Å². The van der Waals surface area contributed by atoms with Crippen LogP contribution in [0, 0.1) is 34.8 Å². The number of hydrogen-bond donors (Lipinski definition) is 1. The Labute approximate surface area is 117 Å². The molecule has 2 fully saturated rings. The molecule has 1 N–H and O–H groups in total. The average Bonchev–Trinajstić information content (AvgIpc) is 2.98. The van der Waals surface area contributed by atoms with Crippen LogP contribution >= 0.6 is 0 Å². The van der Waals surface area contributed by atoms with Gasteiger partial charge >= 0.3 is 0 Å². The molecule has 0 radical (unpaired) electrons. The minimum Gasteiger partial charge on any atom is -0.363 e. The molecule has 3 nitrogen and oxygen atoms in total. The van der Waals surface area contributed by atoms with E-state index in [2.05, 4.69) is 12.2 Å². The highest BCUT2D eigenvalue weighted by atomic mass is 19.1. The third-order valence-electron chi connectivity index (χ3n) is 4.57. The van der Waals surface area contributed by atoms with Crippen LogP contribution in [-0.4, -0.2) is 25.7 Å². The Kier molecular flexibility index (Phi) is 3.35. The lowest BCUT2D eigenvalue weighted by Gasteiger charge is -2.29. The number of hydrogen-bond acceptors (Lipinski definition) is 3. The van der Waals surface area contributed by atoms with Crippen LogP contribution in [0.3, 0.4) is 0 Å². The zero-order valence-electron chi connectivity index (χ0n) is 11.4. The van der Waals surface area contributed by atoms with Gasteiger partial charge in [0.05, 0.1) is 11.6 Å². The van der Waals surface area contributed by atoms with Crippen molar-refractivity contribution in [3.8, 4) is 6.07 Å². The van der Waals surface area contributed by atoms with E-state index in [4.69, 9.17) is 5.26 Å². The van der Waals surface area contributed by atoms with E-state index in [1.807, 2.05) is 4.90 Å². The van der Waals surface area contributed by atoms with E-state index >= 15 is 0 Å².